The summed E-state index contributed by atoms with van der Waals surface area (Å²) in [5.41, 5.74) is 1.54. The van der Waals surface area contributed by atoms with E-state index in [-0.39, 0.29) is 0 Å². The van der Waals surface area contributed by atoms with E-state index in [1.165, 1.54) is 6.42 Å². The standard InChI is InChI=1S/C15H23NO/c1-11(2)13-6-4-5-8-15(13,17)14-10-16-9-7-12(14)3/h7,9-11,13,17H,4-6,8H2,1-3H3. The van der Waals surface area contributed by atoms with Gasteiger partial charge in [-0.25, -0.2) is 0 Å². The molecule has 0 amide bonds. The maximum absolute atomic E-state index is 11.1. The number of nitrogens with zero attached hydrogens (tertiary/aromatic N) is 1. The minimum Gasteiger partial charge on any atom is -0.385 e. The van der Waals surface area contributed by atoms with Crippen LogP contribution in [0.1, 0.15) is 50.7 Å². The second-order valence-electron chi connectivity index (χ2n) is 5.71. The van der Waals surface area contributed by atoms with Crippen LogP contribution in [0.3, 0.4) is 0 Å². The molecule has 2 nitrogen and oxygen atoms in total. The lowest BCUT2D eigenvalue weighted by Gasteiger charge is -2.43. The summed E-state index contributed by atoms with van der Waals surface area (Å²) in [5.74, 6) is 0.874. The zero-order valence-corrected chi connectivity index (χ0v) is 11.1. The number of aliphatic hydroxyl groups is 1. The summed E-state index contributed by atoms with van der Waals surface area (Å²) >= 11 is 0. The molecule has 2 rings (SSSR count). The molecule has 2 atom stereocenters. The molecule has 0 bridgehead atoms. The van der Waals surface area contributed by atoms with Crippen molar-refractivity contribution >= 4 is 0 Å². The third-order valence-corrected chi connectivity index (χ3v) is 4.25. The van der Waals surface area contributed by atoms with Crippen molar-refractivity contribution in [2.75, 3.05) is 0 Å². The Kier molecular flexibility index (Phi) is 3.53. The van der Waals surface area contributed by atoms with Crippen LogP contribution < -0.4 is 0 Å². The van der Waals surface area contributed by atoms with Crippen LogP contribution in [0.4, 0.5) is 0 Å². The van der Waals surface area contributed by atoms with Gasteiger partial charge in [-0.3, -0.25) is 4.98 Å². The van der Waals surface area contributed by atoms with E-state index in [9.17, 15) is 5.11 Å². The second-order valence-corrected chi connectivity index (χ2v) is 5.71. The number of hydrogen-bond donors (Lipinski definition) is 1. The summed E-state index contributed by atoms with van der Waals surface area (Å²) in [7, 11) is 0. The molecule has 1 aliphatic rings. The van der Waals surface area contributed by atoms with Crippen LogP contribution in [-0.4, -0.2) is 10.1 Å². The smallest absolute Gasteiger partial charge is 0.0944 e. The van der Waals surface area contributed by atoms with Crippen LogP contribution in [0.25, 0.3) is 0 Å². The summed E-state index contributed by atoms with van der Waals surface area (Å²) in [4.78, 5) is 4.20. The van der Waals surface area contributed by atoms with Crippen molar-refractivity contribution < 1.29 is 5.11 Å². The lowest BCUT2D eigenvalue weighted by Crippen LogP contribution is -2.41. The number of aromatic nitrogens is 1. The molecule has 94 valence electrons. The van der Waals surface area contributed by atoms with Gasteiger partial charge in [0.2, 0.25) is 0 Å². The molecule has 0 aliphatic heterocycles. The average molecular weight is 233 g/mol. The van der Waals surface area contributed by atoms with E-state index in [0.717, 1.165) is 30.4 Å². The Morgan fingerprint density at radius 2 is 2.18 bits per heavy atom. The van der Waals surface area contributed by atoms with Gasteiger partial charge >= 0.3 is 0 Å². The molecule has 1 saturated carbocycles. The van der Waals surface area contributed by atoms with Crippen molar-refractivity contribution in [3.05, 3.63) is 29.6 Å². The van der Waals surface area contributed by atoms with Gasteiger partial charge in [0.1, 0.15) is 0 Å². The molecule has 0 aromatic carbocycles. The first kappa shape index (κ1) is 12.6. The average Bonchev–Trinajstić information content (AvgIpc) is 2.29. The van der Waals surface area contributed by atoms with Gasteiger partial charge in [-0.1, -0.05) is 26.7 Å². The number of aryl methyl sites for hydroxylation is 1. The molecular formula is C15H23NO. The zero-order valence-electron chi connectivity index (χ0n) is 11.1. The van der Waals surface area contributed by atoms with Crippen molar-refractivity contribution in [2.24, 2.45) is 11.8 Å². The highest BCUT2D eigenvalue weighted by atomic mass is 16.3. The quantitative estimate of drug-likeness (QED) is 0.849. The fourth-order valence-electron chi connectivity index (χ4n) is 3.32. The van der Waals surface area contributed by atoms with Crippen molar-refractivity contribution in [3.8, 4) is 0 Å². The maximum atomic E-state index is 11.1. The van der Waals surface area contributed by atoms with Gasteiger partial charge < -0.3 is 5.11 Å². The van der Waals surface area contributed by atoms with Gasteiger partial charge in [0.25, 0.3) is 0 Å². The predicted octanol–water partition coefficient (Wildman–Crippen LogP) is 3.42. The van der Waals surface area contributed by atoms with Gasteiger partial charge in [0.05, 0.1) is 5.60 Å². The van der Waals surface area contributed by atoms with Crippen LogP contribution in [-0.2, 0) is 5.60 Å². The van der Waals surface area contributed by atoms with Crippen molar-refractivity contribution in [1.82, 2.24) is 4.98 Å². The van der Waals surface area contributed by atoms with Crippen LogP contribution in [0.15, 0.2) is 18.5 Å². The fraction of sp³-hybridized carbons (Fsp3) is 0.667. The number of hydrogen-bond acceptors (Lipinski definition) is 2. The summed E-state index contributed by atoms with van der Waals surface area (Å²) < 4.78 is 0. The highest BCUT2D eigenvalue weighted by molar-refractivity contribution is 5.29. The van der Waals surface area contributed by atoms with E-state index in [1.54, 1.807) is 6.20 Å². The van der Waals surface area contributed by atoms with E-state index in [2.05, 4.69) is 25.8 Å². The molecule has 0 saturated heterocycles. The predicted molar refractivity (Wildman–Crippen MR) is 69.7 cm³/mol. The summed E-state index contributed by atoms with van der Waals surface area (Å²) in [5, 5.41) is 11.1. The van der Waals surface area contributed by atoms with E-state index < -0.39 is 5.60 Å². The Morgan fingerprint density at radius 3 is 2.82 bits per heavy atom. The highest BCUT2D eigenvalue weighted by Crippen LogP contribution is 2.45. The molecule has 1 N–H and O–H groups in total. The highest BCUT2D eigenvalue weighted by Gasteiger charge is 2.42. The van der Waals surface area contributed by atoms with E-state index >= 15 is 0 Å². The first-order valence-corrected chi connectivity index (χ1v) is 6.69. The minimum atomic E-state index is -0.662. The summed E-state index contributed by atoms with van der Waals surface area (Å²) in [6, 6.07) is 2.00. The van der Waals surface area contributed by atoms with E-state index in [4.69, 9.17) is 0 Å². The summed E-state index contributed by atoms with van der Waals surface area (Å²) in [6.45, 7) is 6.50. The van der Waals surface area contributed by atoms with Crippen LogP contribution >= 0.6 is 0 Å². The lowest BCUT2D eigenvalue weighted by molar-refractivity contribution is -0.0728. The lowest BCUT2D eigenvalue weighted by atomic mass is 9.67. The molecule has 1 aliphatic carbocycles. The number of pyridine rings is 1. The maximum Gasteiger partial charge on any atom is 0.0944 e. The molecule has 0 spiro atoms. The van der Waals surface area contributed by atoms with E-state index in [1.807, 2.05) is 12.3 Å². The van der Waals surface area contributed by atoms with Crippen LogP contribution in [0, 0.1) is 18.8 Å². The molecule has 1 aromatic heterocycles. The third-order valence-electron chi connectivity index (χ3n) is 4.25. The van der Waals surface area contributed by atoms with Crippen molar-refractivity contribution in [3.63, 3.8) is 0 Å². The second kappa shape index (κ2) is 4.77. The van der Waals surface area contributed by atoms with Crippen molar-refractivity contribution in [1.29, 1.82) is 0 Å². The molecule has 2 unspecified atom stereocenters. The SMILES string of the molecule is Cc1ccncc1C1(O)CCCCC1C(C)C. The molecule has 0 radical (unpaired) electrons. The molecule has 1 aromatic rings. The monoisotopic (exact) mass is 233 g/mol. The largest absolute Gasteiger partial charge is 0.385 e. The molecule has 1 heterocycles. The molecule has 2 heteroatoms. The van der Waals surface area contributed by atoms with Crippen LogP contribution in [0.5, 0.6) is 0 Å². The summed E-state index contributed by atoms with van der Waals surface area (Å²) in [6.07, 6.45) is 8.02. The Labute approximate surface area is 104 Å². The third kappa shape index (κ3) is 2.23. The zero-order chi connectivity index (χ0) is 12.5. The van der Waals surface area contributed by atoms with Crippen molar-refractivity contribution in [2.45, 2.75) is 52.1 Å². The Hall–Kier alpha value is -0.890. The van der Waals surface area contributed by atoms with Crippen LogP contribution in [0.2, 0.25) is 0 Å². The first-order valence-electron chi connectivity index (χ1n) is 6.69. The fourth-order valence-corrected chi connectivity index (χ4v) is 3.32. The normalized spacial score (nSPS) is 29.6. The molecule has 17 heavy (non-hydrogen) atoms. The first-order chi connectivity index (χ1) is 8.05. The minimum absolute atomic E-state index is 0.360. The molecular weight excluding hydrogens is 210 g/mol. The van der Waals surface area contributed by atoms with Gasteiger partial charge in [-0.2, -0.15) is 0 Å². The van der Waals surface area contributed by atoms with Gasteiger partial charge in [0, 0.05) is 18.0 Å². The Balaban J connectivity index is 2.41. The number of rotatable bonds is 2. The van der Waals surface area contributed by atoms with Gasteiger partial charge in [0.15, 0.2) is 0 Å². The Morgan fingerprint density at radius 1 is 1.41 bits per heavy atom. The van der Waals surface area contributed by atoms with Gasteiger partial charge in [-0.05, 0) is 43.2 Å². The topological polar surface area (TPSA) is 33.1 Å². The van der Waals surface area contributed by atoms with E-state index in [0.29, 0.717) is 11.8 Å². The molecule has 1 fully saturated rings. The Bertz CT molecular complexity index is 388. The van der Waals surface area contributed by atoms with Gasteiger partial charge in [-0.15, -0.1) is 0 Å².